The van der Waals surface area contributed by atoms with Crippen molar-refractivity contribution in [3.63, 3.8) is 0 Å². The molecule has 21 heavy (non-hydrogen) atoms. The minimum Gasteiger partial charge on any atom is -0.383 e. The average molecular weight is 432 g/mol. The van der Waals surface area contributed by atoms with Gasteiger partial charge in [-0.3, -0.25) is 0 Å². The molecule has 1 aliphatic rings. The van der Waals surface area contributed by atoms with Crippen LogP contribution in [-0.4, -0.2) is 9.97 Å². The Balaban J connectivity index is 2.08. The summed E-state index contributed by atoms with van der Waals surface area (Å²) in [4.78, 5) is 9.16. The van der Waals surface area contributed by atoms with E-state index in [4.69, 9.17) is 22.3 Å². The third-order valence-corrected chi connectivity index (χ3v) is 5.85. The molecule has 110 valence electrons. The smallest absolute Gasteiger partial charge is 0.161 e. The first-order valence-electron chi connectivity index (χ1n) is 6.84. The molecular weight excluding hydrogens is 417 g/mol. The third-order valence-electron chi connectivity index (χ3n) is 3.82. The fraction of sp³-hybridized carbons (Fsp3) is 0.333. The summed E-state index contributed by atoms with van der Waals surface area (Å²) >= 11 is 13.0. The number of aromatic nitrogens is 2. The predicted molar refractivity (Wildman–Crippen MR) is 93.5 cm³/mol. The summed E-state index contributed by atoms with van der Waals surface area (Å²) < 4.78 is 1.67. The zero-order chi connectivity index (χ0) is 15.0. The number of rotatable bonds is 2. The van der Waals surface area contributed by atoms with E-state index in [-0.39, 0.29) is 0 Å². The number of anilines is 1. The molecule has 0 spiro atoms. The van der Waals surface area contributed by atoms with Gasteiger partial charge in [-0.15, -0.1) is 0 Å². The second-order valence-electron chi connectivity index (χ2n) is 5.24. The molecule has 2 N–H and O–H groups in total. The van der Waals surface area contributed by atoms with Gasteiger partial charge < -0.3 is 5.73 Å². The molecule has 0 unspecified atom stereocenters. The first kappa shape index (κ1) is 15.3. The van der Waals surface area contributed by atoms with Crippen LogP contribution in [0.3, 0.4) is 0 Å². The summed E-state index contributed by atoms with van der Waals surface area (Å²) in [6, 6.07) is 5.66. The van der Waals surface area contributed by atoms with Crippen molar-refractivity contribution in [1.29, 1.82) is 0 Å². The van der Waals surface area contributed by atoms with Gasteiger partial charge in [-0.25, -0.2) is 9.97 Å². The molecule has 3 nitrogen and oxygen atoms in total. The fourth-order valence-corrected chi connectivity index (χ4v) is 3.71. The molecule has 1 fully saturated rings. The zero-order valence-electron chi connectivity index (χ0n) is 11.2. The predicted octanol–water partition coefficient (Wildman–Crippen LogP) is 5.56. The van der Waals surface area contributed by atoms with Crippen molar-refractivity contribution < 1.29 is 0 Å². The van der Waals surface area contributed by atoms with E-state index in [1.165, 1.54) is 25.7 Å². The average Bonchev–Trinajstić information content (AvgIpc) is 2.98. The number of benzene rings is 1. The van der Waals surface area contributed by atoms with Crippen molar-refractivity contribution in [2.75, 3.05) is 5.73 Å². The van der Waals surface area contributed by atoms with E-state index in [1.807, 2.05) is 18.2 Å². The molecule has 3 rings (SSSR count). The summed E-state index contributed by atoms with van der Waals surface area (Å²) in [6.45, 7) is 0. The Kier molecular flexibility index (Phi) is 4.52. The van der Waals surface area contributed by atoms with Crippen LogP contribution in [0.5, 0.6) is 0 Å². The highest BCUT2D eigenvalue weighted by Crippen LogP contribution is 2.39. The maximum absolute atomic E-state index is 6.06. The lowest BCUT2D eigenvalue weighted by Crippen LogP contribution is -2.06. The minimum absolute atomic E-state index is 0.471. The third kappa shape index (κ3) is 3.10. The summed E-state index contributed by atoms with van der Waals surface area (Å²) in [5, 5.41) is 0.667. The topological polar surface area (TPSA) is 51.8 Å². The Morgan fingerprint density at radius 2 is 1.86 bits per heavy atom. The van der Waals surface area contributed by atoms with Crippen LogP contribution in [0.2, 0.25) is 5.02 Å². The Morgan fingerprint density at radius 3 is 2.52 bits per heavy atom. The van der Waals surface area contributed by atoms with Gasteiger partial charge in [0.25, 0.3) is 0 Å². The molecule has 6 heteroatoms. The largest absolute Gasteiger partial charge is 0.383 e. The highest BCUT2D eigenvalue weighted by molar-refractivity contribution is 9.11. The summed E-state index contributed by atoms with van der Waals surface area (Å²) in [5.74, 6) is 1.61. The Morgan fingerprint density at radius 1 is 1.14 bits per heavy atom. The fourth-order valence-electron chi connectivity index (χ4n) is 2.72. The first-order chi connectivity index (χ1) is 10.1. The quantitative estimate of drug-likeness (QED) is 0.677. The maximum Gasteiger partial charge on any atom is 0.161 e. The summed E-state index contributed by atoms with van der Waals surface area (Å²) in [5.41, 5.74) is 7.99. The van der Waals surface area contributed by atoms with Gasteiger partial charge in [0.05, 0.1) is 15.2 Å². The van der Waals surface area contributed by atoms with E-state index < -0.39 is 0 Å². The van der Waals surface area contributed by atoms with E-state index in [0.29, 0.717) is 22.6 Å². The van der Waals surface area contributed by atoms with Gasteiger partial charge in [-0.1, -0.05) is 24.4 Å². The Bertz CT molecular complexity index is 685. The summed E-state index contributed by atoms with van der Waals surface area (Å²) in [6.07, 6.45) is 4.84. The molecule has 1 aliphatic carbocycles. The Hall–Kier alpha value is -0.650. The van der Waals surface area contributed by atoms with Crippen LogP contribution in [0.1, 0.15) is 37.3 Å². The van der Waals surface area contributed by atoms with Crippen molar-refractivity contribution in [2.24, 2.45) is 0 Å². The molecule has 0 atom stereocenters. The highest BCUT2D eigenvalue weighted by Gasteiger charge is 2.23. The molecule has 2 aromatic rings. The van der Waals surface area contributed by atoms with Crippen molar-refractivity contribution >= 4 is 49.3 Å². The molecular formula is C15H14Br2ClN3. The number of nitrogens with two attached hydrogens (primary N) is 1. The van der Waals surface area contributed by atoms with E-state index >= 15 is 0 Å². The zero-order valence-corrected chi connectivity index (χ0v) is 15.2. The standard InChI is InChI=1S/C15H14Br2ClN3/c16-10-7-9(5-6-11(10)18)15-20-13(8-3-1-2-4-8)12(17)14(19)21-15/h5-8H,1-4H2,(H2,19,20,21). The van der Waals surface area contributed by atoms with Gasteiger partial charge in [0.15, 0.2) is 5.82 Å². The molecule has 0 aliphatic heterocycles. The van der Waals surface area contributed by atoms with E-state index in [9.17, 15) is 0 Å². The number of hydrogen-bond donors (Lipinski definition) is 1. The van der Waals surface area contributed by atoms with Crippen molar-refractivity contribution in [2.45, 2.75) is 31.6 Å². The van der Waals surface area contributed by atoms with Crippen molar-refractivity contribution in [3.05, 3.63) is 37.9 Å². The lowest BCUT2D eigenvalue weighted by atomic mass is 10.0. The summed E-state index contributed by atoms with van der Waals surface area (Å²) in [7, 11) is 0. The number of nitrogen functional groups attached to an aromatic ring is 1. The molecule has 1 saturated carbocycles. The van der Waals surface area contributed by atoms with E-state index in [0.717, 1.165) is 20.2 Å². The molecule has 1 heterocycles. The van der Waals surface area contributed by atoms with Gasteiger partial charge in [0.2, 0.25) is 0 Å². The van der Waals surface area contributed by atoms with Gasteiger partial charge in [-0.05, 0) is 62.9 Å². The molecule has 0 radical (unpaired) electrons. The van der Waals surface area contributed by atoms with E-state index in [2.05, 4.69) is 36.8 Å². The molecule has 0 bridgehead atoms. The van der Waals surface area contributed by atoms with Crippen LogP contribution in [-0.2, 0) is 0 Å². The van der Waals surface area contributed by atoms with Gasteiger partial charge in [0, 0.05) is 16.0 Å². The van der Waals surface area contributed by atoms with Crippen LogP contribution in [0.15, 0.2) is 27.1 Å². The molecule has 0 saturated heterocycles. The lowest BCUT2D eigenvalue weighted by Gasteiger charge is -2.14. The van der Waals surface area contributed by atoms with Gasteiger partial charge in [-0.2, -0.15) is 0 Å². The van der Waals surface area contributed by atoms with E-state index in [1.54, 1.807) is 0 Å². The number of nitrogens with zero attached hydrogens (tertiary/aromatic N) is 2. The van der Waals surface area contributed by atoms with Crippen LogP contribution in [0, 0.1) is 0 Å². The molecule has 0 amide bonds. The van der Waals surface area contributed by atoms with Crippen molar-refractivity contribution in [3.8, 4) is 11.4 Å². The SMILES string of the molecule is Nc1nc(-c2ccc(Cl)c(Br)c2)nc(C2CCCC2)c1Br. The number of hydrogen-bond acceptors (Lipinski definition) is 3. The molecule has 1 aromatic heterocycles. The van der Waals surface area contributed by atoms with Crippen LogP contribution < -0.4 is 5.73 Å². The Labute approximate surface area is 145 Å². The second-order valence-corrected chi connectivity index (χ2v) is 7.30. The van der Waals surface area contributed by atoms with Gasteiger partial charge in [0.1, 0.15) is 5.82 Å². The monoisotopic (exact) mass is 429 g/mol. The maximum atomic E-state index is 6.06. The van der Waals surface area contributed by atoms with Crippen molar-refractivity contribution in [1.82, 2.24) is 9.97 Å². The van der Waals surface area contributed by atoms with Gasteiger partial charge >= 0.3 is 0 Å². The first-order valence-corrected chi connectivity index (χ1v) is 8.81. The molecule has 1 aromatic carbocycles. The second kappa shape index (κ2) is 6.23. The normalized spacial score (nSPS) is 15.6. The van der Waals surface area contributed by atoms with Crippen LogP contribution in [0.25, 0.3) is 11.4 Å². The highest BCUT2D eigenvalue weighted by atomic mass is 79.9. The lowest BCUT2D eigenvalue weighted by molar-refractivity contribution is 0.691. The van der Waals surface area contributed by atoms with Crippen LogP contribution in [0.4, 0.5) is 5.82 Å². The number of halogens is 3. The minimum atomic E-state index is 0.471. The van der Waals surface area contributed by atoms with Crippen LogP contribution >= 0.6 is 43.5 Å².